The summed E-state index contributed by atoms with van der Waals surface area (Å²) in [6.07, 6.45) is 0. The number of thiol groups is 4. The average Bonchev–Trinajstić information content (AvgIpc) is 2.19. The lowest BCUT2D eigenvalue weighted by Crippen LogP contribution is -2.11. The van der Waals surface area contributed by atoms with Gasteiger partial charge in [0, 0.05) is 0 Å². The van der Waals surface area contributed by atoms with Crippen LogP contribution in [0.15, 0.2) is 0 Å². The molecule has 0 N–H and O–H groups in total. The lowest BCUT2D eigenvalue weighted by atomic mass is 10.8. The van der Waals surface area contributed by atoms with Crippen LogP contribution in [0, 0.1) is 0 Å². The molecule has 0 fully saturated rings. The standard InChI is InChI=1S/C4H10OS8/c6-10-3(11-7)1-5-2-4(12-8)13-9/h3-4,6-9H,1-2H2. The molecule has 13 heavy (non-hydrogen) atoms. The first kappa shape index (κ1) is 15.8. The van der Waals surface area contributed by atoms with Crippen molar-refractivity contribution in [3.8, 4) is 0 Å². The second-order valence-corrected chi connectivity index (χ2v) is 8.06. The van der Waals surface area contributed by atoms with Crippen molar-refractivity contribution >= 4 is 89.8 Å². The fraction of sp³-hybridized carbons (Fsp3) is 1.00. The maximum atomic E-state index is 5.44. The van der Waals surface area contributed by atoms with Gasteiger partial charge >= 0.3 is 0 Å². The predicted octanol–water partition coefficient (Wildman–Crippen LogP) is 3.97. The van der Waals surface area contributed by atoms with Gasteiger partial charge in [-0.2, -0.15) is 0 Å². The van der Waals surface area contributed by atoms with Crippen molar-refractivity contribution in [3.63, 3.8) is 0 Å². The SMILES string of the molecule is SSC(COCC(SS)SS)SS. The maximum Gasteiger partial charge on any atom is 0.0937 e. The Morgan fingerprint density at radius 1 is 0.769 bits per heavy atom. The van der Waals surface area contributed by atoms with E-state index in [-0.39, 0.29) is 9.16 Å². The van der Waals surface area contributed by atoms with Crippen molar-refractivity contribution < 1.29 is 4.74 Å². The zero-order valence-electron chi connectivity index (χ0n) is 6.40. The van der Waals surface area contributed by atoms with E-state index in [9.17, 15) is 0 Å². The van der Waals surface area contributed by atoms with Crippen LogP contribution in [0.5, 0.6) is 0 Å². The fourth-order valence-electron chi connectivity index (χ4n) is 0.421. The number of rotatable bonds is 8. The first-order valence-corrected chi connectivity index (χ1v) is 10.8. The summed E-state index contributed by atoms with van der Waals surface area (Å²) in [5.74, 6) is 0. The molecule has 0 rings (SSSR count). The monoisotopic (exact) mass is 330 g/mol. The van der Waals surface area contributed by atoms with Crippen LogP contribution in [0.25, 0.3) is 0 Å². The number of hydrogen-bond acceptors (Lipinski definition) is 9. The zero-order valence-corrected chi connectivity index (χ0v) is 13.2. The molecule has 0 atom stereocenters. The van der Waals surface area contributed by atoms with E-state index in [4.69, 9.17) is 4.74 Å². The molecular formula is C4H10OS8. The van der Waals surface area contributed by atoms with Crippen molar-refractivity contribution in [1.29, 1.82) is 0 Å². The van der Waals surface area contributed by atoms with Crippen LogP contribution in [-0.4, -0.2) is 22.4 Å². The molecular weight excluding hydrogens is 321 g/mol. The summed E-state index contributed by atoms with van der Waals surface area (Å²) in [6.45, 7) is 1.28. The number of ether oxygens (including phenoxy) is 1. The van der Waals surface area contributed by atoms with Crippen LogP contribution in [0.2, 0.25) is 0 Å². The van der Waals surface area contributed by atoms with E-state index in [2.05, 4.69) is 46.6 Å². The van der Waals surface area contributed by atoms with Gasteiger partial charge in [0.25, 0.3) is 0 Å². The summed E-state index contributed by atoms with van der Waals surface area (Å²) < 4.78 is 5.97. The molecule has 0 spiro atoms. The van der Waals surface area contributed by atoms with E-state index in [0.29, 0.717) is 13.2 Å². The summed E-state index contributed by atoms with van der Waals surface area (Å²) in [4.78, 5) is 0. The minimum Gasteiger partial charge on any atom is -0.377 e. The van der Waals surface area contributed by atoms with E-state index in [1.807, 2.05) is 0 Å². The lowest BCUT2D eigenvalue weighted by Gasteiger charge is -2.13. The van der Waals surface area contributed by atoms with Crippen LogP contribution in [0.3, 0.4) is 0 Å². The Kier molecular flexibility index (Phi) is 13.6. The van der Waals surface area contributed by atoms with Crippen molar-refractivity contribution in [2.45, 2.75) is 9.16 Å². The van der Waals surface area contributed by atoms with E-state index in [1.165, 1.54) is 43.2 Å². The van der Waals surface area contributed by atoms with E-state index in [1.54, 1.807) is 0 Å². The van der Waals surface area contributed by atoms with Crippen molar-refractivity contribution in [2.24, 2.45) is 0 Å². The highest BCUT2D eigenvalue weighted by Crippen LogP contribution is 2.31. The first-order valence-electron chi connectivity index (χ1n) is 3.07. The van der Waals surface area contributed by atoms with Crippen LogP contribution in [-0.2, 0) is 4.74 Å². The fourth-order valence-corrected chi connectivity index (χ4v) is 4.86. The Bertz CT molecular complexity index is 92.3. The highest BCUT2D eigenvalue weighted by molar-refractivity contribution is 8.78. The Hall–Kier alpha value is 2.76. The van der Waals surface area contributed by atoms with E-state index in [0.717, 1.165) is 0 Å². The molecule has 0 radical (unpaired) electrons. The minimum atomic E-state index is 0.266. The molecule has 0 aliphatic heterocycles. The molecule has 0 aliphatic rings. The van der Waals surface area contributed by atoms with Crippen LogP contribution in [0.4, 0.5) is 0 Å². The highest BCUT2D eigenvalue weighted by Gasteiger charge is 2.10. The molecule has 1 nitrogen and oxygen atoms in total. The second kappa shape index (κ2) is 11.3. The van der Waals surface area contributed by atoms with Gasteiger partial charge in [-0.3, -0.25) is 0 Å². The van der Waals surface area contributed by atoms with E-state index >= 15 is 0 Å². The normalized spacial score (nSPS) is 11.5. The molecule has 0 aromatic carbocycles. The molecule has 0 saturated heterocycles. The third kappa shape index (κ3) is 8.56. The van der Waals surface area contributed by atoms with Crippen molar-refractivity contribution in [2.75, 3.05) is 13.2 Å². The van der Waals surface area contributed by atoms with Crippen LogP contribution < -0.4 is 0 Å². The van der Waals surface area contributed by atoms with Gasteiger partial charge in [-0.25, -0.2) is 0 Å². The Labute approximate surface area is 116 Å². The van der Waals surface area contributed by atoms with Gasteiger partial charge in [-0.1, -0.05) is 43.2 Å². The molecule has 0 aliphatic carbocycles. The Morgan fingerprint density at radius 2 is 1.08 bits per heavy atom. The second-order valence-electron chi connectivity index (χ2n) is 1.82. The number of hydrogen-bond donors (Lipinski definition) is 4. The van der Waals surface area contributed by atoms with Crippen molar-refractivity contribution in [1.82, 2.24) is 0 Å². The van der Waals surface area contributed by atoms with Gasteiger partial charge in [0.2, 0.25) is 0 Å². The lowest BCUT2D eigenvalue weighted by molar-refractivity contribution is 0.159. The van der Waals surface area contributed by atoms with Crippen LogP contribution in [0.1, 0.15) is 0 Å². The smallest absolute Gasteiger partial charge is 0.0937 e. The van der Waals surface area contributed by atoms with Gasteiger partial charge in [0.05, 0.1) is 22.4 Å². The largest absolute Gasteiger partial charge is 0.377 e. The maximum absolute atomic E-state index is 5.44. The molecule has 0 amide bonds. The molecule has 0 unspecified atom stereocenters. The highest BCUT2D eigenvalue weighted by atomic mass is 33.1. The molecule has 0 saturated carbocycles. The van der Waals surface area contributed by atoms with Gasteiger partial charge in [-0.05, 0) is 0 Å². The summed E-state index contributed by atoms with van der Waals surface area (Å²) in [5.41, 5.74) is 0. The van der Waals surface area contributed by atoms with Gasteiger partial charge in [0.1, 0.15) is 0 Å². The average molecular weight is 331 g/mol. The van der Waals surface area contributed by atoms with Gasteiger partial charge < -0.3 is 4.74 Å². The molecule has 0 bridgehead atoms. The predicted molar refractivity (Wildman–Crippen MR) is 84.7 cm³/mol. The molecule has 0 heterocycles. The topological polar surface area (TPSA) is 9.23 Å². The minimum absolute atomic E-state index is 0.266. The summed E-state index contributed by atoms with van der Waals surface area (Å²) in [7, 11) is 5.76. The Balaban J connectivity index is 3.41. The van der Waals surface area contributed by atoms with Crippen molar-refractivity contribution in [3.05, 3.63) is 0 Å². The third-order valence-electron chi connectivity index (χ3n) is 0.978. The van der Waals surface area contributed by atoms with Gasteiger partial charge in [0.15, 0.2) is 0 Å². The molecule has 80 valence electrons. The van der Waals surface area contributed by atoms with Crippen LogP contribution >= 0.6 is 89.8 Å². The molecule has 9 heteroatoms. The quantitative estimate of drug-likeness (QED) is 0.304. The third-order valence-corrected chi connectivity index (χ3v) is 8.38. The zero-order chi connectivity index (χ0) is 10.1. The van der Waals surface area contributed by atoms with Gasteiger partial charge in [-0.15, -0.1) is 46.6 Å². The summed E-state index contributed by atoms with van der Waals surface area (Å²) in [6, 6.07) is 0. The first-order chi connectivity index (χ1) is 6.28. The Morgan fingerprint density at radius 3 is 1.31 bits per heavy atom. The summed E-state index contributed by atoms with van der Waals surface area (Å²) in [5, 5.41) is 0. The summed E-state index contributed by atoms with van der Waals surface area (Å²) >= 11 is 16.4. The molecule has 0 aromatic rings. The molecule has 0 aromatic heterocycles. The van der Waals surface area contributed by atoms with E-state index < -0.39 is 0 Å².